The van der Waals surface area contributed by atoms with Crippen LogP contribution in [0.5, 0.6) is 23.0 Å². The fourth-order valence-electron chi connectivity index (χ4n) is 3.93. The number of halogens is 3. The molecule has 0 bridgehead atoms. The quantitative estimate of drug-likeness (QED) is 0.0623. The van der Waals surface area contributed by atoms with E-state index >= 15 is 0 Å². The topological polar surface area (TPSA) is 152 Å². The van der Waals surface area contributed by atoms with Crippen molar-refractivity contribution in [3.8, 4) is 23.0 Å². The van der Waals surface area contributed by atoms with E-state index in [9.17, 15) is 33.3 Å². The molecule has 0 aromatic heterocycles. The molecular weight excluding hydrogens is 657 g/mol. The summed E-state index contributed by atoms with van der Waals surface area (Å²) in [6.45, 7) is 2.73. The molecule has 49 heavy (non-hydrogen) atoms. The first-order valence-corrected chi connectivity index (χ1v) is 15.9. The van der Waals surface area contributed by atoms with Gasteiger partial charge in [0, 0.05) is 6.42 Å². The number of ketones is 1. The lowest BCUT2D eigenvalue weighted by atomic mass is 10.1. The van der Waals surface area contributed by atoms with Gasteiger partial charge in [0.15, 0.2) is 28.8 Å². The highest BCUT2D eigenvalue weighted by Crippen LogP contribution is 2.28. The number of ether oxygens (including phenoxy) is 8. The summed E-state index contributed by atoms with van der Waals surface area (Å²) >= 11 is 0. The van der Waals surface area contributed by atoms with Crippen molar-refractivity contribution in [3.05, 3.63) is 53.6 Å². The standard InChI is InChI=1S/C34H47F3O12/c35-34(36,37)26-48-21-20-46-17-16-44-13-12-42-10-11-43-14-15-45-18-19-47-22-23-49-33-25-28(6-9-31(33)40)4-7-29(38)3-1-2-27-5-8-30(39)32(41)24-27/h4-9,24-25,39-41H,1-3,10-23,26H2/b7-4+. The number of carbonyl (C=O) groups is 1. The molecule has 0 saturated carbocycles. The molecule has 2 aromatic rings. The molecular formula is C34H47F3O12. The van der Waals surface area contributed by atoms with Gasteiger partial charge >= 0.3 is 6.18 Å². The number of aryl methyl sites for hydroxylation is 1. The van der Waals surface area contributed by atoms with Crippen LogP contribution in [0.4, 0.5) is 13.2 Å². The molecule has 3 N–H and O–H groups in total. The zero-order chi connectivity index (χ0) is 35.6. The van der Waals surface area contributed by atoms with E-state index in [4.69, 9.17) is 33.2 Å². The van der Waals surface area contributed by atoms with Crippen LogP contribution in [0.3, 0.4) is 0 Å². The van der Waals surface area contributed by atoms with Gasteiger partial charge in [-0.15, -0.1) is 0 Å². The van der Waals surface area contributed by atoms with Crippen LogP contribution in [0.2, 0.25) is 0 Å². The predicted octanol–water partition coefficient (Wildman–Crippen LogP) is 4.47. The van der Waals surface area contributed by atoms with Crippen LogP contribution in [0.25, 0.3) is 6.08 Å². The molecule has 0 spiro atoms. The van der Waals surface area contributed by atoms with Gasteiger partial charge in [0.1, 0.15) is 13.2 Å². The Morgan fingerprint density at radius 1 is 0.612 bits per heavy atom. The van der Waals surface area contributed by atoms with Gasteiger partial charge < -0.3 is 53.2 Å². The molecule has 2 rings (SSSR count). The Hall–Kier alpha value is -3.44. The summed E-state index contributed by atoms with van der Waals surface area (Å²) in [6.07, 6.45) is 0.298. The Morgan fingerprint density at radius 3 is 1.61 bits per heavy atom. The lowest BCUT2D eigenvalue weighted by molar-refractivity contribution is -0.176. The van der Waals surface area contributed by atoms with Crippen molar-refractivity contribution in [3.63, 3.8) is 0 Å². The van der Waals surface area contributed by atoms with E-state index in [-0.39, 0.29) is 61.8 Å². The lowest BCUT2D eigenvalue weighted by Crippen LogP contribution is -2.19. The second kappa shape index (κ2) is 25.5. The maximum Gasteiger partial charge on any atom is 0.411 e. The van der Waals surface area contributed by atoms with Gasteiger partial charge in [-0.3, -0.25) is 4.79 Å². The maximum atomic E-state index is 12.3. The second-order valence-electron chi connectivity index (χ2n) is 10.4. The molecule has 12 nitrogen and oxygen atoms in total. The maximum absolute atomic E-state index is 12.3. The Labute approximate surface area is 284 Å². The van der Waals surface area contributed by atoms with Gasteiger partial charge in [0.05, 0.1) is 85.9 Å². The summed E-state index contributed by atoms with van der Waals surface area (Å²) < 4.78 is 77.9. The van der Waals surface area contributed by atoms with Crippen LogP contribution in [0.1, 0.15) is 24.0 Å². The first kappa shape index (κ1) is 41.7. The van der Waals surface area contributed by atoms with Crippen molar-refractivity contribution < 1.29 is 71.2 Å². The molecule has 0 unspecified atom stereocenters. The molecule has 0 aliphatic carbocycles. The molecule has 276 valence electrons. The van der Waals surface area contributed by atoms with Crippen molar-refractivity contribution in [1.82, 2.24) is 0 Å². The van der Waals surface area contributed by atoms with Crippen LogP contribution < -0.4 is 4.74 Å². The number of alkyl halides is 3. The average molecular weight is 705 g/mol. The average Bonchev–Trinajstić information content (AvgIpc) is 3.06. The van der Waals surface area contributed by atoms with Crippen LogP contribution in [0, 0.1) is 0 Å². The minimum Gasteiger partial charge on any atom is -0.504 e. The molecule has 0 radical (unpaired) electrons. The number of rotatable bonds is 29. The molecule has 0 saturated heterocycles. The highest BCUT2D eigenvalue weighted by molar-refractivity contribution is 5.93. The van der Waals surface area contributed by atoms with E-state index in [1.165, 1.54) is 24.3 Å². The fraction of sp³-hybridized carbons (Fsp3) is 0.559. The number of carbonyl (C=O) groups excluding carboxylic acids is 1. The third kappa shape index (κ3) is 22.0. The van der Waals surface area contributed by atoms with Gasteiger partial charge in [0.2, 0.25) is 0 Å². The van der Waals surface area contributed by atoms with E-state index in [0.29, 0.717) is 84.3 Å². The predicted molar refractivity (Wildman–Crippen MR) is 172 cm³/mol. The van der Waals surface area contributed by atoms with E-state index < -0.39 is 12.8 Å². The smallest absolute Gasteiger partial charge is 0.411 e. The molecule has 0 atom stereocenters. The van der Waals surface area contributed by atoms with Crippen molar-refractivity contribution >= 4 is 11.9 Å². The van der Waals surface area contributed by atoms with Crippen molar-refractivity contribution in [2.24, 2.45) is 0 Å². The Kier molecular flexibility index (Phi) is 21.7. The summed E-state index contributed by atoms with van der Waals surface area (Å²) in [5.41, 5.74) is 1.52. The Bertz CT molecular complexity index is 1210. The second-order valence-corrected chi connectivity index (χ2v) is 10.4. The summed E-state index contributed by atoms with van der Waals surface area (Å²) in [7, 11) is 0. The molecule has 0 aliphatic rings. The summed E-state index contributed by atoms with van der Waals surface area (Å²) in [5, 5.41) is 29.0. The minimum atomic E-state index is -4.33. The largest absolute Gasteiger partial charge is 0.504 e. The van der Waals surface area contributed by atoms with Gasteiger partial charge in [0.25, 0.3) is 0 Å². The fourth-order valence-corrected chi connectivity index (χ4v) is 3.93. The highest BCUT2D eigenvalue weighted by Gasteiger charge is 2.27. The van der Waals surface area contributed by atoms with Gasteiger partial charge in [-0.25, -0.2) is 0 Å². The van der Waals surface area contributed by atoms with Gasteiger partial charge in [-0.05, 0) is 54.3 Å². The molecule has 15 heteroatoms. The number of benzene rings is 2. The van der Waals surface area contributed by atoms with Crippen LogP contribution >= 0.6 is 0 Å². The summed E-state index contributed by atoms with van der Waals surface area (Å²) in [6, 6.07) is 9.40. The van der Waals surface area contributed by atoms with E-state index in [1.807, 2.05) is 0 Å². The van der Waals surface area contributed by atoms with Crippen LogP contribution in [-0.4, -0.2) is 126 Å². The molecule has 0 heterocycles. The van der Waals surface area contributed by atoms with E-state index in [1.54, 1.807) is 24.3 Å². The molecule has 0 amide bonds. The highest BCUT2D eigenvalue weighted by atomic mass is 19.4. The number of allylic oxidation sites excluding steroid dienone is 1. The van der Waals surface area contributed by atoms with Gasteiger partial charge in [-0.1, -0.05) is 18.2 Å². The van der Waals surface area contributed by atoms with Crippen molar-refractivity contribution in [2.75, 3.05) is 99.1 Å². The zero-order valence-corrected chi connectivity index (χ0v) is 27.5. The van der Waals surface area contributed by atoms with Crippen LogP contribution in [-0.2, 0) is 44.4 Å². The van der Waals surface area contributed by atoms with Gasteiger partial charge in [-0.2, -0.15) is 13.2 Å². The first-order valence-electron chi connectivity index (χ1n) is 15.9. The molecule has 2 aromatic carbocycles. The number of hydrogen-bond donors (Lipinski definition) is 3. The van der Waals surface area contributed by atoms with Crippen LogP contribution in [0.15, 0.2) is 42.5 Å². The monoisotopic (exact) mass is 704 g/mol. The minimum absolute atomic E-state index is 0.0272. The van der Waals surface area contributed by atoms with Crippen molar-refractivity contribution in [1.29, 1.82) is 0 Å². The van der Waals surface area contributed by atoms with E-state index in [2.05, 4.69) is 4.74 Å². The first-order chi connectivity index (χ1) is 23.6. The number of phenols is 3. The molecule has 0 aliphatic heterocycles. The Balaban J connectivity index is 1.38. The zero-order valence-electron chi connectivity index (χ0n) is 27.5. The third-order valence-corrected chi connectivity index (χ3v) is 6.36. The third-order valence-electron chi connectivity index (χ3n) is 6.36. The Morgan fingerprint density at radius 2 is 1.10 bits per heavy atom. The number of phenolic OH excluding ortho intramolecular Hbond substituents is 3. The summed E-state index contributed by atoms with van der Waals surface area (Å²) in [4.78, 5) is 12.3. The lowest BCUT2D eigenvalue weighted by Gasteiger charge is -2.10. The normalized spacial score (nSPS) is 11.8. The summed E-state index contributed by atoms with van der Waals surface area (Å²) in [5.74, 6) is -0.180. The number of aromatic hydroxyl groups is 3. The molecule has 0 fully saturated rings. The van der Waals surface area contributed by atoms with Crippen molar-refractivity contribution in [2.45, 2.75) is 25.4 Å². The SMILES string of the molecule is O=C(/C=C/c1ccc(O)c(OCCOCCOCCOCCOCCOCCOCCOCC(F)(F)F)c1)CCCc1ccc(O)c(O)c1. The van der Waals surface area contributed by atoms with E-state index in [0.717, 1.165) is 5.56 Å². The number of hydrogen-bond acceptors (Lipinski definition) is 12.